The zero-order valence-electron chi connectivity index (χ0n) is 15.8. The number of rotatable bonds is 3. The van der Waals surface area contributed by atoms with E-state index in [4.69, 9.17) is 9.31 Å². The Kier molecular flexibility index (Phi) is 6.22. The summed E-state index contributed by atoms with van der Waals surface area (Å²) in [5, 5.41) is 0. The van der Waals surface area contributed by atoms with Crippen molar-refractivity contribution in [3.8, 4) is 0 Å². The van der Waals surface area contributed by atoms with Crippen LogP contribution in [0.5, 0.6) is 0 Å². The molecule has 0 spiro atoms. The van der Waals surface area contributed by atoms with Crippen LogP contribution < -0.4 is 5.46 Å². The third kappa shape index (κ3) is 4.37. The van der Waals surface area contributed by atoms with Crippen LogP contribution in [0.3, 0.4) is 0 Å². The first-order chi connectivity index (χ1) is 11.2. The predicted molar refractivity (Wildman–Crippen MR) is 102 cm³/mol. The summed E-state index contributed by atoms with van der Waals surface area (Å²) in [6.45, 7) is 13.0. The second-order valence-electron chi connectivity index (χ2n) is 8.01. The van der Waals surface area contributed by atoms with Crippen molar-refractivity contribution in [1.82, 2.24) is 9.80 Å². The molecule has 2 aliphatic rings. The van der Waals surface area contributed by atoms with Gasteiger partial charge in [-0.25, -0.2) is 4.39 Å². The molecule has 0 atom stereocenters. The number of piperazine rings is 1. The van der Waals surface area contributed by atoms with Gasteiger partial charge in [-0.15, -0.1) is 12.4 Å². The minimum atomic E-state index is -0.446. The van der Waals surface area contributed by atoms with Crippen LogP contribution >= 0.6 is 12.4 Å². The summed E-state index contributed by atoms with van der Waals surface area (Å²) in [6, 6.07) is 4.93. The van der Waals surface area contributed by atoms with Gasteiger partial charge >= 0.3 is 7.12 Å². The summed E-state index contributed by atoms with van der Waals surface area (Å²) in [7, 11) is 1.69. The monoisotopic (exact) mass is 370 g/mol. The first kappa shape index (κ1) is 20.7. The van der Waals surface area contributed by atoms with Crippen molar-refractivity contribution in [2.45, 2.75) is 45.4 Å². The molecule has 2 saturated heterocycles. The molecule has 1 aromatic rings. The summed E-state index contributed by atoms with van der Waals surface area (Å²) >= 11 is 0. The van der Waals surface area contributed by atoms with E-state index in [1.54, 1.807) is 6.07 Å². The van der Waals surface area contributed by atoms with Crippen LogP contribution in [0.2, 0.25) is 0 Å². The molecule has 1 aromatic carbocycles. The van der Waals surface area contributed by atoms with Crippen molar-refractivity contribution in [2.75, 3.05) is 33.2 Å². The highest BCUT2D eigenvalue weighted by Crippen LogP contribution is 2.36. The SMILES string of the molecule is CN1CCN(Cc2cc(F)ccc2B2OC(C)(C)C(C)(C)O2)CC1.Cl. The van der Waals surface area contributed by atoms with Gasteiger partial charge in [-0.2, -0.15) is 0 Å². The molecule has 7 heteroatoms. The van der Waals surface area contributed by atoms with Gasteiger partial charge in [0.15, 0.2) is 0 Å². The normalized spacial score (nSPS) is 23.5. The molecular formula is C18H29BClFN2O2. The van der Waals surface area contributed by atoms with E-state index in [-0.39, 0.29) is 18.2 Å². The quantitative estimate of drug-likeness (QED) is 0.762. The lowest BCUT2D eigenvalue weighted by atomic mass is 9.75. The van der Waals surface area contributed by atoms with Crippen molar-refractivity contribution in [1.29, 1.82) is 0 Å². The first-order valence-electron chi connectivity index (χ1n) is 8.73. The van der Waals surface area contributed by atoms with Crippen LogP contribution in [0.15, 0.2) is 18.2 Å². The van der Waals surface area contributed by atoms with Crippen LogP contribution in [0.1, 0.15) is 33.3 Å². The number of likely N-dealkylation sites (N-methyl/N-ethyl adjacent to an activating group) is 1. The molecule has 0 amide bonds. The Labute approximate surface area is 157 Å². The fourth-order valence-electron chi connectivity index (χ4n) is 3.16. The fourth-order valence-corrected chi connectivity index (χ4v) is 3.16. The van der Waals surface area contributed by atoms with E-state index in [1.165, 1.54) is 6.07 Å². The molecule has 0 aliphatic carbocycles. The summed E-state index contributed by atoms with van der Waals surface area (Å²) in [4.78, 5) is 4.68. The maximum atomic E-state index is 13.8. The molecule has 2 aliphatic heterocycles. The van der Waals surface area contributed by atoms with Gasteiger partial charge in [-0.1, -0.05) is 6.07 Å². The van der Waals surface area contributed by atoms with E-state index in [0.29, 0.717) is 0 Å². The molecule has 0 aromatic heterocycles. The largest absolute Gasteiger partial charge is 0.495 e. The lowest BCUT2D eigenvalue weighted by molar-refractivity contribution is 0.00578. The zero-order valence-corrected chi connectivity index (χ0v) is 16.7. The average Bonchev–Trinajstić information content (AvgIpc) is 2.70. The Morgan fingerprint density at radius 3 is 2.16 bits per heavy atom. The van der Waals surface area contributed by atoms with Crippen LogP contribution in [0.4, 0.5) is 4.39 Å². The van der Waals surface area contributed by atoms with E-state index in [9.17, 15) is 4.39 Å². The van der Waals surface area contributed by atoms with Gasteiger partial charge in [0, 0.05) is 32.7 Å². The molecule has 2 heterocycles. The maximum absolute atomic E-state index is 13.8. The van der Waals surface area contributed by atoms with E-state index >= 15 is 0 Å². The Morgan fingerprint density at radius 1 is 1.04 bits per heavy atom. The molecule has 0 radical (unpaired) electrons. The van der Waals surface area contributed by atoms with E-state index in [1.807, 2.05) is 33.8 Å². The maximum Gasteiger partial charge on any atom is 0.495 e. The van der Waals surface area contributed by atoms with Gasteiger partial charge < -0.3 is 14.2 Å². The number of hydrogen-bond acceptors (Lipinski definition) is 4. The van der Waals surface area contributed by atoms with Crippen molar-refractivity contribution in [3.05, 3.63) is 29.6 Å². The number of hydrogen-bond donors (Lipinski definition) is 0. The van der Waals surface area contributed by atoms with Crippen LogP contribution in [0.25, 0.3) is 0 Å². The van der Waals surface area contributed by atoms with Crippen molar-refractivity contribution >= 4 is 25.0 Å². The highest BCUT2D eigenvalue weighted by Gasteiger charge is 2.52. The molecule has 3 rings (SSSR count). The smallest absolute Gasteiger partial charge is 0.399 e. The third-order valence-electron chi connectivity index (χ3n) is 5.60. The van der Waals surface area contributed by atoms with Crippen molar-refractivity contribution in [3.63, 3.8) is 0 Å². The van der Waals surface area contributed by atoms with E-state index in [2.05, 4.69) is 16.8 Å². The van der Waals surface area contributed by atoms with Gasteiger partial charge in [0.1, 0.15) is 5.82 Å². The number of benzene rings is 1. The molecule has 0 unspecified atom stereocenters. The second-order valence-corrected chi connectivity index (χ2v) is 8.01. The van der Waals surface area contributed by atoms with Gasteiger partial charge in [0.2, 0.25) is 0 Å². The highest BCUT2D eigenvalue weighted by molar-refractivity contribution is 6.62. The van der Waals surface area contributed by atoms with Crippen LogP contribution in [-0.2, 0) is 15.9 Å². The van der Waals surface area contributed by atoms with Gasteiger partial charge in [0.05, 0.1) is 11.2 Å². The molecule has 4 nitrogen and oxygen atoms in total. The standard InChI is InChI=1S/C18H28BFN2O2.ClH/c1-17(2)18(3,4)24-19(23-17)16-7-6-15(20)12-14(16)13-22-10-8-21(5)9-11-22;/h6-7,12H,8-11,13H2,1-5H3;1H. The van der Waals surface area contributed by atoms with E-state index < -0.39 is 18.3 Å². The van der Waals surface area contributed by atoms with Crippen LogP contribution in [-0.4, -0.2) is 61.3 Å². The third-order valence-corrected chi connectivity index (χ3v) is 5.60. The summed E-state index contributed by atoms with van der Waals surface area (Å²) < 4.78 is 26.2. The van der Waals surface area contributed by atoms with E-state index in [0.717, 1.165) is 43.8 Å². The number of nitrogens with zero attached hydrogens (tertiary/aromatic N) is 2. The molecule has 0 saturated carbocycles. The first-order valence-corrected chi connectivity index (χ1v) is 8.73. The molecule has 2 fully saturated rings. The number of halogens is 2. The summed E-state index contributed by atoms with van der Waals surface area (Å²) in [5.41, 5.74) is 1.11. The topological polar surface area (TPSA) is 24.9 Å². The molecule has 0 N–H and O–H groups in total. The minimum absolute atomic E-state index is 0. The highest BCUT2D eigenvalue weighted by atomic mass is 35.5. The Bertz CT molecular complexity index is 591. The Hall–Kier alpha value is -0.655. The lowest BCUT2D eigenvalue weighted by Gasteiger charge is -2.32. The molecule has 25 heavy (non-hydrogen) atoms. The van der Waals surface area contributed by atoms with Gasteiger partial charge in [-0.05, 0) is 57.9 Å². The predicted octanol–water partition coefficient (Wildman–Crippen LogP) is 2.29. The molecule has 0 bridgehead atoms. The van der Waals surface area contributed by atoms with Gasteiger partial charge in [0.25, 0.3) is 0 Å². The fraction of sp³-hybridized carbons (Fsp3) is 0.667. The Morgan fingerprint density at radius 2 is 1.60 bits per heavy atom. The zero-order chi connectivity index (χ0) is 17.5. The second kappa shape index (κ2) is 7.53. The molecule has 140 valence electrons. The Balaban J connectivity index is 0.00000225. The molecular weight excluding hydrogens is 341 g/mol. The minimum Gasteiger partial charge on any atom is -0.399 e. The summed E-state index contributed by atoms with van der Waals surface area (Å²) in [5.74, 6) is -0.209. The van der Waals surface area contributed by atoms with Crippen molar-refractivity contribution in [2.24, 2.45) is 0 Å². The summed E-state index contributed by atoms with van der Waals surface area (Å²) in [6.07, 6.45) is 0. The lowest BCUT2D eigenvalue weighted by Crippen LogP contribution is -2.45. The van der Waals surface area contributed by atoms with Crippen molar-refractivity contribution < 1.29 is 13.7 Å². The average molecular weight is 371 g/mol. The van der Waals surface area contributed by atoms with Crippen LogP contribution in [0, 0.1) is 5.82 Å². The van der Waals surface area contributed by atoms with Gasteiger partial charge in [-0.3, -0.25) is 4.90 Å².